The Hall–Kier alpha value is -3.06. The zero-order valence-corrected chi connectivity index (χ0v) is 16.5. The Labute approximate surface area is 165 Å². The van der Waals surface area contributed by atoms with Gasteiger partial charge in [0.15, 0.2) is 17.3 Å². The van der Waals surface area contributed by atoms with Crippen LogP contribution in [-0.2, 0) is 6.61 Å². The second kappa shape index (κ2) is 7.16. The van der Waals surface area contributed by atoms with Crippen molar-refractivity contribution in [2.24, 2.45) is 0 Å². The van der Waals surface area contributed by atoms with Crippen LogP contribution < -0.4 is 4.74 Å². The minimum Gasteiger partial charge on any atom is -0.485 e. The van der Waals surface area contributed by atoms with Crippen LogP contribution in [0.25, 0.3) is 11.0 Å². The van der Waals surface area contributed by atoms with Crippen LogP contribution in [0.15, 0.2) is 36.7 Å². The van der Waals surface area contributed by atoms with Crippen molar-refractivity contribution in [2.45, 2.75) is 27.4 Å². The molecule has 0 aliphatic heterocycles. The molecular weight excluding hydrogens is 377 g/mol. The number of ketones is 1. The Bertz CT molecular complexity index is 1200. The number of aromatic amines is 1. The molecule has 7 heteroatoms. The number of carbonyl (C=O) groups is 1. The minimum atomic E-state index is -0.651. The van der Waals surface area contributed by atoms with E-state index in [0.29, 0.717) is 22.2 Å². The molecule has 28 heavy (non-hydrogen) atoms. The van der Waals surface area contributed by atoms with E-state index in [4.69, 9.17) is 4.74 Å². The quantitative estimate of drug-likeness (QED) is 0.488. The van der Waals surface area contributed by atoms with Crippen LogP contribution in [0.3, 0.4) is 0 Å². The van der Waals surface area contributed by atoms with Crippen LogP contribution in [0, 0.1) is 26.6 Å². The lowest BCUT2D eigenvalue weighted by Gasteiger charge is -2.12. The number of benzene rings is 1. The number of carbonyl (C=O) groups excluding carboxylic acids is 1. The van der Waals surface area contributed by atoms with Gasteiger partial charge in [-0.25, -0.2) is 14.4 Å². The maximum absolute atomic E-state index is 15.2. The topological polar surface area (TPSA) is 67.9 Å². The highest BCUT2D eigenvalue weighted by Crippen LogP contribution is 2.29. The molecule has 0 spiro atoms. The van der Waals surface area contributed by atoms with Gasteiger partial charge in [0.2, 0.25) is 0 Å². The number of aromatic nitrogens is 3. The highest BCUT2D eigenvalue weighted by atomic mass is 32.1. The van der Waals surface area contributed by atoms with Crippen molar-refractivity contribution in [3.05, 3.63) is 74.7 Å². The summed E-state index contributed by atoms with van der Waals surface area (Å²) in [5, 5.41) is 1.60. The predicted octanol–water partition coefficient (Wildman–Crippen LogP) is 4.89. The molecule has 0 atom stereocenters. The van der Waals surface area contributed by atoms with Crippen LogP contribution in [0.1, 0.15) is 37.1 Å². The van der Waals surface area contributed by atoms with E-state index in [1.807, 2.05) is 13.8 Å². The second-order valence-corrected chi connectivity index (χ2v) is 7.82. The monoisotopic (exact) mass is 395 g/mol. The van der Waals surface area contributed by atoms with Crippen molar-refractivity contribution in [1.29, 1.82) is 0 Å². The van der Waals surface area contributed by atoms with Gasteiger partial charge >= 0.3 is 0 Å². The lowest BCUT2D eigenvalue weighted by Crippen LogP contribution is -2.09. The van der Waals surface area contributed by atoms with Crippen LogP contribution in [0.4, 0.5) is 4.39 Å². The molecule has 0 saturated carbocycles. The molecule has 3 heterocycles. The number of hydrogen-bond donors (Lipinski definition) is 1. The van der Waals surface area contributed by atoms with Gasteiger partial charge in [0.1, 0.15) is 12.3 Å². The fourth-order valence-corrected chi connectivity index (χ4v) is 4.02. The SMILES string of the molecule is Cc1nc(C)c(COc2ccc(C)c(C(=O)c3c[nH]c4ncccc34)c2F)s1. The largest absolute Gasteiger partial charge is 0.485 e. The van der Waals surface area contributed by atoms with Crippen molar-refractivity contribution in [1.82, 2.24) is 15.0 Å². The summed E-state index contributed by atoms with van der Waals surface area (Å²) in [6.07, 6.45) is 3.20. The molecule has 4 aromatic rings. The third-order valence-corrected chi connectivity index (χ3v) is 5.64. The average Bonchev–Trinajstić information content (AvgIpc) is 3.23. The fourth-order valence-electron chi connectivity index (χ4n) is 3.17. The van der Waals surface area contributed by atoms with Gasteiger partial charge in [0, 0.05) is 23.3 Å². The Morgan fingerprint density at radius 2 is 2.07 bits per heavy atom. The summed E-state index contributed by atoms with van der Waals surface area (Å²) in [6, 6.07) is 6.79. The Morgan fingerprint density at radius 1 is 1.25 bits per heavy atom. The average molecular weight is 395 g/mol. The lowest BCUT2D eigenvalue weighted by molar-refractivity contribution is 0.103. The highest BCUT2D eigenvalue weighted by Gasteiger charge is 2.23. The smallest absolute Gasteiger partial charge is 0.198 e. The summed E-state index contributed by atoms with van der Waals surface area (Å²) >= 11 is 1.52. The van der Waals surface area contributed by atoms with Crippen molar-refractivity contribution >= 4 is 28.2 Å². The normalized spacial score (nSPS) is 11.1. The summed E-state index contributed by atoms with van der Waals surface area (Å²) < 4.78 is 20.9. The lowest BCUT2D eigenvalue weighted by atomic mass is 9.98. The molecule has 0 fully saturated rings. The van der Waals surface area contributed by atoms with E-state index in [1.54, 1.807) is 43.6 Å². The molecule has 4 rings (SSSR count). The first-order chi connectivity index (χ1) is 13.5. The number of nitrogens with one attached hydrogen (secondary N) is 1. The number of thiazole rings is 1. The summed E-state index contributed by atoms with van der Waals surface area (Å²) in [7, 11) is 0. The molecule has 1 aromatic carbocycles. The van der Waals surface area contributed by atoms with Crippen LogP contribution in [0.5, 0.6) is 5.75 Å². The van der Waals surface area contributed by atoms with E-state index in [2.05, 4.69) is 15.0 Å². The molecule has 142 valence electrons. The third-order valence-electron chi connectivity index (χ3n) is 4.60. The van der Waals surface area contributed by atoms with Gasteiger partial charge in [0.05, 0.1) is 21.1 Å². The number of aryl methyl sites for hydroxylation is 3. The van der Waals surface area contributed by atoms with Gasteiger partial charge in [-0.05, 0) is 44.5 Å². The first-order valence-corrected chi connectivity index (χ1v) is 9.59. The second-order valence-electron chi connectivity index (χ2n) is 6.53. The van der Waals surface area contributed by atoms with E-state index < -0.39 is 11.6 Å². The predicted molar refractivity (Wildman–Crippen MR) is 107 cm³/mol. The number of pyridine rings is 1. The van der Waals surface area contributed by atoms with Crippen LogP contribution >= 0.6 is 11.3 Å². The number of fused-ring (bicyclic) bond motifs is 1. The summed E-state index contributed by atoms with van der Waals surface area (Å²) in [6.45, 7) is 5.74. The number of H-pyrrole nitrogens is 1. The van der Waals surface area contributed by atoms with Crippen molar-refractivity contribution < 1.29 is 13.9 Å². The van der Waals surface area contributed by atoms with Crippen molar-refractivity contribution in [3.8, 4) is 5.75 Å². The van der Waals surface area contributed by atoms with E-state index >= 15 is 4.39 Å². The first kappa shape index (κ1) is 18.3. The molecule has 0 aliphatic carbocycles. The zero-order chi connectivity index (χ0) is 19.8. The van der Waals surface area contributed by atoms with Gasteiger partial charge in [-0.1, -0.05) is 6.07 Å². The molecule has 0 aliphatic rings. The molecule has 5 nitrogen and oxygen atoms in total. The molecule has 0 bridgehead atoms. The first-order valence-electron chi connectivity index (χ1n) is 8.77. The standard InChI is InChI=1S/C21H18FN3O2S/c1-11-6-7-16(27-10-17-12(2)25-13(3)28-17)19(22)18(11)20(26)15-9-24-21-14(15)5-4-8-23-21/h4-9H,10H2,1-3H3,(H,23,24). The van der Waals surface area contributed by atoms with Crippen LogP contribution in [-0.4, -0.2) is 20.7 Å². The zero-order valence-electron chi connectivity index (χ0n) is 15.7. The number of halogens is 1. The maximum Gasteiger partial charge on any atom is 0.198 e. The molecule has 0 unspecified atom stereocenters. The van der Waals surface area contributed by atoms with Gasteiger partial charge in [-0.15, -0.1) is 11.3 Å². The summed E-state index contributed by atoms with van der Waals surface area (Å²) in [5.74, 6) is -0.996. The van der Waals surface area contributed by atoms with E-state index in [-0.39, 0.29) is 17.9 Å². The number of hydrogen-bond acceptors (Lipinski definition) is 5. The molecule has 1 N–H and O–H groups in total. The van der Waals surface area contributed by atoms with Crippen LogP contribution in [0.2, 0.25) is 0 Å². The third kappa shape index (κ3) is 3.18. The van der Waals surface area contributed by atoms with Crippen molar-refractivity contribution in [2.75, 3.05) is 0 Å². The van der Waals surface area contributed by atoms with E-state index in [9.17, 15) is 4.79 Å². The fraction of sp³-hybridized carbons (Fsp3) is 0.190. The number of ether oxygens (including phenoxy) is 1. The molecule has 0 radical (unpaired) electrons. The van der Waals surface area contributed by atoms with Crippen molar-refractivity contribution in [3.63, 3.8) is 0 Å². The Morgan fingerprint density at radius 3 is 2.82 bits per heavy atom. The Balaban J connectivity index is 1.68. The summed E-state index contributed by atoms with van der Waals surface area (Å²) in [5.41, 5.74) is 2.42. The Kier molecular flexibility index (Phi) is 4.68. The highest BCUT2D eigenvalue weighted by molar-refractivity contribution is 7.11. The molecule has 0 amide bonds. The van der Waals surface area contributed by atoms with Gasteiger partial charge < -0.3 is 9.72 Å². The minimum absolute atomic E-state index is 0.0134. The molecule has 0 saturated heterocycles. The number of rotatable bonds is 5. The molecular formula is C21H18FN3O2S. The van der Waals surface area contributed by atoms with Gasteiger partial charge in [-0.2, -0.15) is 0 Å². The maximum atomic E-state index is 15.2. The number of nitrogens with zero attached hydrogens (tertiary/aromatic N) is 2. The summed E-state index contributed by atoms with van der Waals surface area (Å²) in [4.78, 5) is 25.5. The van der Waals surface area contributed by atoms with Gasteiger partial charge in [0.25, 0.3) is 0 Å². The van der Waals surface area contributed by atoms with E-state index in [1.165, 1.54) is 11.3 Å². The van der Waals surface area contributed by atoms with E-state index in [0.717, 1.165) is 15.6 Å². The molecule has 3 aromatic heterocycles. The van der Waals surface area contributed by atoms with Gasteiger partial charge in [-0.3, -0.25) is 4.79 Å².